The van der Waals surface area contributed by atoms with E-state index in [0.29, 0.717) is 17.9 Å². The maximum Gasteiger partial charge on any atom is 0.226 e. The molecule has 0 aromatic carbocycles. The Kier molecular flexibility index (Phi) is 4.08. The molecule has 2 aliphatic rings. The van der Waals surface area contributed by atoms with Gasteiger partial charge in [0.05, 0.1) is 0 Å². The van der Waals surface area contributed by atoms with Gasteiger partial charge in [-0.15, -0.1) is 0 Å². The van der Waals surface area contributed by atoms with E-state index in [2.05, 4.69) is 18.7 Å². The monoisotopic (exact) mass is 238 g/mol. The van der Waals surface area contributed by atoms with Crippen molar-refractivity contribution in [2.75, 3.05) is 6.54 Å². The molecule has 3 heteroatoms. The van der Waals surface area contributed by atoms with E-state index in [1.165, 1.54) is 12.8 Å². The van der Waals surface area contributed by atoms with Crippen LogP contribution in [0.5, 0.6) is 0 Å². The lowest BCUT2D eigenvalue weighted by Crippen LogP contribution is -2.47. The van der Waals surface area contributed by atoms with Gasteiger partial charge < -0.3 is 10.6 Å². The van der Waals surface area contributed by atoms with Crippen LogP contribution in [0.3, 0.4) is 0 Å². The lowest BCUT2D eigenvalue weighted by atomic mass is 9.76. The summed E-state index contributed by atoms with van der Waals surface area (Å²) in [5.74, 6) is 0.928. The van der Waals surface area contributed by atoms with Gasteiger partial charge in [-0.2, -0.15) is 0 Å². The van der Waals surface area contributed by atoms with Crippen molar-refractivity contribution >= 4 is 5.91 Å². The predicted molar refractivity (Wildman–Crippen MR) is 69.5 cm³/mol. The van der Waals surface area contributed by atoms with Crippen LogP contribution in [0, 0.1) is 11.8 Å². The summed E-state index contributed by atoms with van der Waals surface area (Å²) in [7, 11) is 0. The molecular formula is C14H26N2O. The summed E-state index contributed by atoms with van der Waals surface area (Å²) in [6.07, 6.45) is 6.71. The van der Waals surface area contributed by atoms with Crippen LogP contribution in [-0.2, 0) is 4.79 Å². The summed E-state index contributed by atoms with van der Waals surface area (Å²) in [4.78, 5) is 14.7. The van der Waals surface area contributed by atoms with Gasteiger partial charge in [0.25, 0.3) is 0 Å². The van der Waals surface area contributed by atoms with Crippen molar-refractivity contribution in [2.24, 2.45) is 17.6 Å². The van der Waals surface area contributed by atoms with Crippen LogP contribution in [0.25, 0.3) is 0 Å². The number of nitrogens with zero attached hydrogens (tertiary/aromatic N) is 1. The van der Waals surface area contributed by atoms with Gasteiger partial charge in [0.2, 0.25) is 5.91 Å². The summed E-state index contributed by atoms with van der Waals surface area (Å²) < 4.78 is 0. The predicted octanol–water partition coefficient (Wildman–Crippen LogP) is 2.15. The highest BCUT2D eigenvalue weighted by Crippen LogP contribution is 2.33. The minimum absolute atomic E-state index is 0.186. The van der Waals surface area contributed by atoms with Crippen LogP contribution in [0.15, 0.2) is 0 Å². The molecule has 1 saturated heterocycles. The highest BCUT2D eigenvalue weighted by atomic mass is 16.2. The summed E-state index contributed by atoms with van der Waals surface area (Å²) >= 11 is 0. The molecule has 4 atom stereocenters. The van der Waals surface area contributed by atoms with Crippen LogP contribution >= 0.6 is 0 Å². The molecule has 2 N–H and O–H groups in total. The third-order valence-corrected chi connectivity index (χ3v) is 4.81. The Morgan fingerprint density at radius 1 is 1.29 bits per heavy atom. The van der Waals surface area contributed by atoms with Gasteiger partial charge >= 0.3 is 0 Å². The molecule has 0 aromatic rings. The first-order valence-electron chi connectivity index (χ1n) is 7.21. The summed E-state index contributed by atoms with van der Waals surface area (Å²) in [5.41, 5.74) is 6.10. The molecule has 0 aromatic heterocycles. The molecule has 0 bridgehead atoms. The molecule has 2 fully saturated rings. The number of carbonyl (C=O) groups excluding carboxylic acids is 1. The first kappa shape index (κ1) is 12.9. The molecular weight excluding hydrogens is 212 g/mol. The van der Waals surface area contributed by atoms with Crippen molar-refractivity contribution < 1.29 is 4.79 Å². The lowest BCUT2D eigenvalue weighted by Gasteiger charge is -2.36. The number of amides is 1. The summed E-state index contributed by atoms with van der Waals surface area (Å²) in [5, 5.41) is 0. The number of nitrogens with two attached hydrogens (primary N) is 1. The van der Waals surface area contributed by atoms with Crippen LogP contribution in [0.4, 0.5) is 0 Å². The quantitative estimate of drug-likeness (QED) is 0.801. The number of hydrogen-bond donors (Lipinski definition) is 1. The zero-order valence-electron chi connectivity index (χ0n) is 11.2. The Morgan fingerprint density at radius 2 is 2.06 bits per heavy atom. The molecule has 1 aliphatic heterocycles. The van der Waals surface area contributed by atoms with Gasteiger partial charge in [0.1, 0.15) is 0 Å². The minimum Gasteiger partial charge on any atom is -0.339 e. The lowest BCUT2D eigenvalue weighted by molar-refractivity contribution is -0.139. The Labute approximate surface area is 105 Å². The molecule has 98 valence electrons. The fourth-order valence-electron chi connectivity index (χ4n) is 3.51. The average molecular weight is 238 g/mol. The van der Waals surface area contributed by atoms with Gasteiger partial charge in [0.15, 0.2) is 0 Å². The first-order valence-corrected chi connectivity index (χ1v) is 7.21. The molecule has 17 heavy (non-hydrogen) atoms. The van der Waals surface area contributed by atoms with Crippen molar-refractivity contribution in [1.29, 1.82) is 0 Å². The van der Waals surface area contributed by atoms with Gasteiger partial charge in [0, 0.05) is 24.5 Å². The second kappa shape index (κ2) is 5.38. The second-order valence-corrected chi connectivity index (χ2v) is 5.80. The molecule has 1 saturated carbocycles. The Balaban J connectivity index is 2.03. The van der Waals surface area contributed by atoms with Crippen LogP contribution in [0.1, 0.15) is 52.4 Å². The molecule has 1 amide bonds. The summed E-state index contributed by atoms with van der Waals surface area (Å²) in [6, 6.07) is 0.716. The maximum atomic E-state index is 12.6. The normalized spacial score (nSPS) is 38.4. The Hall–Kier alpha value is -0.570. The zero-order valence-corrected chi connectivity index (χ0v) is 11.2. The Bertz CT molecular complexity index is 279. The topological polar surface area (TPSA) is 46.3 Å². The molecule has 0 radical (unpaired) electrons. The number of hydrogen-bond acceptors (Lipinski definition) is 2. The van der Waals surface area contributed by atoms with Crippen molar-refractivity contribution in [3.8, 4) is 0 Å². The van der Waals surface area contributed by atoms with E-state index in [9.17, 15) is 4.79 Å². The maximum absolute atomic E-state index is 12.6. The molecule has 1 aliphatic carbocycles. The smallest absolute Gasteiger partial charge is 0.226 e. The number of likely N-dealkylation sites (tertiary alicyclic amines) is 1. The average Bonchev–Trinajstić information content (AvgIpc) is 2.80. The van der Waals surface area contributed by atoms with Crippen molar-refractivity contribution in [3.05, 3.63) is 0 Å². The van der Waals surface area contributed by atoms with Crippen molar-refractivity contribution in [1.82, 2.24) is 4.90 Å². The van der Waals surface area contributed by atoms with Gasteiger partial charge in [-0.3, -0.25) is 4.79 Å². The van der Waals surface area contributed by atoms with Crippen molar-refractivity contribution in [2.45, 2.75) is 64.5 Å². The fraction of sp³-hybridized carbons (Fsp3) is 0.929. The fourth-order valence-corrected chi connectivity index (χ4v) is 3.51. The molecule has 1 heterocycles. The van der Waals surface area contributed by atoms with E-state index in [4.69, 9.17) is 5.73 Å². The highest BCUT2D eigenvalue weighted by molar-refractivity contribution is 5.80. The number of carbonyl (C=O) groups is 1. The second-order valence-electron chi connectivity index (χ2n) is 5.80. The first-order chi connectivity index (χ1) is 8.15. The third-order valence-electron chi connectivity index (χ3n) is 4.81. The summed E-state index contributed by atoms with van der Waals surface area (Å²) in [6.45, 7) is 5.31. The number of rotatable bonds is 2. The van der Waals surface area contributed by atoms with E-state index in [-0.39, 0.29) is 12.0 Å². The van der Waals surface area contributed by atoms with E-state index in [1.54, 1.807) is 0 Å². The standard InChI is InChI=1S/C14H26N2O/c1-3-11-6-5-9-16(11)14(17)12-7-4-8-13(15)10(12)2/h10-13H,3-9,15H2,1-2H3. The van der Waals surface area contributed by atoms with E-state index in [0.717, 1.165) is 32.2 Å². The molecule has 0 spiro atoms. The Morgan fingerprint density at radius 3 is 2.76 bits per heavy atom. The SMILES string of the molecule is CCC1CCCN1C(=O)C1CCCC(N)C1C. The van der Waals surface area contributed by atoms with Gasteiger partial charge in [-0.05, 0) is 38.0 Å². The van der Waals surface area contributed by atoms with Gasteiger partial charge in [-0.1, -0.05) is 20.3 Å². The van der Waals surface area contributed by atoms with E-state index >= 15 is 0 Å². The molecule has 4 unspecified atom stereocenters. The van der Waals surface area contributed by atoms with Crippen LogP contribution < -0.4 is 5.73 Å². The molecule has 3 nitrogen and oxygen atoms in total. The molecule has 2 rings (SSSR count). The van der Waals surface area contributed by atoms with Gasteiger partial charge in [-0.25, -0.2) is 0 Å². The van der Waals surface area contributed by atoms with Crippen LogP contribution in [-0.4, -0.2) is 29.4 Å². The van der Waals surface area contributed by atoms with E-state index < -0.39 is 0 Å². The largest absolute Gasteiger partial charge is 0.339 e. The van der Waals surface area contributed by atoms with Crippen LogP contribution in [0.2, 0.25) is 0 Å². The van der Waals surface area contributed by atoms with Crippen molar-refractivity contribution in [3.63, 3.8) is 0 Å². The minimum atomic E-state index is 0.186. The highest BCUT2D eigenvalue weighted by Gasteiger charge is 2.38. The third kappa shape index (κ3) is 2.49. The zero-order chi connectivity index (χ0) is 12.4. The van der Waals surface area contributed by atoms with E-state index in [1.807, 2.05) is 0 Å².